The van der Waals surface area contributed by atoms with Gasteiger partial charge in [0.1, 0.15) is 0 Å². The van der Waals surface area contributed by atoms with Gasteiger partial charge in [-0.25, -0.2) is 0 Å². The maximum Gasteiger partial charge on any atom is 0.251 e. The molecule has 1 heterocycles. The van der Waals surface area contributed by atoms with E-state index in [2.05, 4.69) is 10.6 Å². The monoisotopic (exact) mass is 303 g/mol. The Morgan fingerprint density at radius 3 is 2.41 bits per heavy atom. The topological polar surface area (TPSA) is 61.4 Å². The van der Waals surface area contributed by atoms with Gasteiger partial charge in [-0.05, 0) is 49.9 Å². The molecular formula is C17H25N3O2. The molecule has 22 heavy (non-hydrogen) atoms. The van der Waals surface area contributed by atoms with Crippen LogP contribution < -0.4 is 10.6 Å². The fourth-order valence-electron chi connectivity index (χ4n) is 2.51. The SMILES string of the molecule is CCCNC(=O)c1ccc(NCC(=O)N2CCCCC2)cc1. The summed E-state index contributed by atoms with van der Waals surface area (Å²) in [4.78, 5) is 25.8. The van der Waals surface area contributed by atoms with Gasteiger partial charge in [0.05, 0.1) is 6.54 Å². The fraction of sp³-hybridized carbons (Fsp3) is 0.529. The molecule has 0 aliphatic carbocycles. The molecule has 0 spiro atoms. The number of hydrogen-bond donors (Lipinski definition) is 2. The molecule has 5 heteroatoms. The van der Waals surface area contributed by atoms with Gasteiger partial charge in [-0.15, -0.1) is 0 Å². The first kappa shape index (κ1) is 16.3. The van der Waals surface area contributed by atoms with Crippen molar-refractivity contribution in [1.82, 2.24) is 10.2 Å². The molecule has 1 aromatic rings. The molecule has 0 atom stereocenters. The van der Waals surface area contributed by atoms with Crippen molar-refractivity contribution in [3.8, 4) is 0 Å². The summed E-state index contributed by atoms with van der Waals surface area (Å²) >= 11 is 0. The lowest BCUT2D eigenvalue weighted by Crippen LogP contribution is -2.39. The van der Waals surface area contributed by atoms with E-state index in [0.29, 0.717) is 18.7 Å². The maximum absolute atomic E-state index is 12.1. The zero-order chi connectivity index (χ0) is 15.8. The maximum atomic E-state index is 12.1. The van der Waals surface area contributed by atoms with Crippen molar-refractivity contribution in [3.05, 3.63) is 29.8 Å². The number of nitrogens with one attached hydrogen (secondary N) is 2. The van der Waals surface area contributed by atoms with Crippen LogP contribution in [0.5, 0.6) is 0 Å². The summed E-state index contributed by atoms with van der Waals surface area (Å²) in [5.74, 6) is 0.0854. The van der Waals surface area contributed by atoms with Crippen molar-refractivity contribution in [1.29, 1.82) is 0 Å². The minimum Gasteiger partial charge on any atom is -0.376 e. The minimum absolute atomic E-state index is 0.0576. The number of amides is 2. The summed E-state index contributed by atoms with van der Waals surface area (Å²) < 4.78 is 0. The average molecular weight is 303 g/mol. The Kier molecular flexibility index (Phi) is 6.25. The summed E-state index contributed by atoms with van der Waals surface area (Å²) in [6, 6.07) is 7.23. The van der Waals surface area contributed by atoms with Crippen molar-refractivity contribution < 1.29 is 9.59 Å². The number of likely N-dealkylation sites (tertiary alicyclic amines) is 1. The Balaban J connectivity index is 1.80. The van der Waals surface area contributed by atoms with E-state index in [1.165, 1.54) is 6.42 Å². The van der Waals surface area contributed by atoms with Gasteiger partial charge in [0.2, 0.25) is 5.91 Å². The second-order valence-electron chi connectivity index (χ2n) is 5.63. The van der Waals surface area contributed by atoms with Gasteiger partial charge in [0, 0.05) is 30.9 Å². The second-order valence-corrected chi connectivity index (χ2v) is 5.63. The first-order valence-corrected chi connectivity index (χ1v) is 8.10. The highest BCUT2D eigenvalue weighted by Gasteiger charge is 2.15. The Morgan fingerprint density at radius 1 is 1.09 bits per heavy atom. The van der Waals surface area contributed by atoms with Gasteiger partial charge in [0.15, 0.2) is 0 Å². The van der Waals surface area contributed by atoms with E-state index in [1.54, 1.807) is 12.1 Å². The van der Waals surface area contributed by atoms with Crippen LogP contribution in [0.2, 0.25) is 0 Å². The van der Waals surface area contributed by atoms with Crippen molar-refractivity contribution in [3.63, 3.8) is 0 Å². The zero-order valence-electron chi connectivity index (χ0n) is 13.2. The standard InChI is InChI=1S/C17H25N3O2/c1-2-10-18-17(22)14-6-8-15(9-7-14)19-13-16(21)20-11-4-3-5-12-20/h6-9,19H,2-5,10-13H2,1H3,(H,18,22). The predicted molar refractivity (Wildman–Crippen MR) is 88.0 cm³/mol. The molecule has 1 fully saturated rings. The lowest BCUT2D eigenvalue weighted by Gasteiger charge is -2.26. The van der Waals surface area contributed by atoms with Crippen LogP contribution in [0.25, 0.3) is 0 Å². The number of hydrogen-bond acceptors (Lipinski definition) is 3. The van der Waals surface area contributed by atoms with E-state index in [9.17, 15) is 9.59 Å². The number of benzene rings is 1. The van der Waals surface area contributed by atoms with Gasteiger partial charge in [-0.1, -0.05) is 6.92 Å². The molecule has 5 nitrogen and oxygen atoms in total. The van der Waals surface area contributed by atoms with Crippen molar-refractivity contribution in [2.24, 2.45) is 0 Å². The number of piperidine rings is 1. The van der Waals surface area contributed by atoms with E-state index in [0.717, 1.165) is 38.0 Å². The highest BCUT2D eigenvalue weighted by Crippen LogP contribution is 2.11. The number of rotatable bonds is 6. The normalized spacial score (nSPS) is 14.5. The van der Waals surface area contributed by atoms with Crippen LogP contribution >= 0.6 is 0 Å². The number of carbonyl (C=O) groups is 2. The van der Waals surface area contributed by atoms with E-state index in [-0.39, 0.29) is 11.8 Å². The molecular weight excluding hydrogens is 278 g/mol. The van der Waals surface area contributed by atoms with Crippen LogP contribution in [-0.4, -0.2) is 42.9 Å². The van der Waals surface area contributed by atoms with Gasteiger partial charge < -0.3 is 15.5 Å². The van der Waals surface area contributed by atoms with Crippen LogP contribution in [0.3, 0.4) is 0 Å². The Labute approximate surface area is 132 Å². The number of carbonyl (C=O) groups excluding carboxylic acids is 2. The Hall–Kier alpha value is -2.04. The minimum atomic E-state index is -0.0576. The summed E-state index contributed by atoms with van der Waals surface area (Å²) in [6.45, 7) is 4.76. The Morgan fingerprint density at radius 2 is 1.77 bits per heavy atom. The van der Waals surface area contributed by atoms with Crippen LogP contribution in [-0.2, 0) is 4.79 Å². The highest BCUT2D eigenvalue weighted by molar-refractivity contribution is 5.94. The number of nitrogens with zero attached hydrogens (tertiary/aromatic N) is 1. The van der Waals surface area contributed by atoms with Crippen LogP contribution in [0.15, 0.2) is 24.3 Å². The van der Waals surface area contributed by atoms with Crippen molar-refractivity contribution in [2.45, 2.75) is 32.6 Å². The lowest BCUT2D eigenvalue weighted by molar-refractivity contribution is -0.130. The van der Waals surface area contributed by atoms with Crippen molar-refractivity contribution >= 4 is 17.5 Å². The zero-order valence-corrected chi connectivity index (χ0v) is 13.2. The van der Waals surface area contributed by atoms with Crippen LogP contribution in [0, 0.1) is 0 Å². The van der Waals surface area contributed by atoms with Gasteiger partial charge >= 0.3 is 0 Å². The largest absolute Gasteiger partial charge is 0.376 e. The first-order chi connectivity index (χ1) is 10.7. The second kappa shape index (κ2) is 8.41. The van der Waals surface area contributed by atoms with Gasteiger partial charge in [-0.2, -0.15) is 0 Å². The molecule has 120 valence electrons. The third-order valence-corrected chi connectivity index (χ3v) is 3.84. The molecule has 1 saturated heterocycles. The molecule has 1 aliphatic heterocycles. The molecule has 2 N–H and O–H groups in total. The van der Waals surface area contributed by atoms with E-state index < -0.39 is 0 Å². The third-order valence-electron chi connectivity index (χ3n) is 3.84. The smallest absolute Gasteiger partial charge is 0.251 e. The molecule has 0 aromatic heterocycles. The first-order valence-electron chi connectivity index (χ1n) is 8.10. The lowest BCUT2D eigenvalue weighted by atomic mass is 10.1. The Bertz CT molecular complexity index is 493. The van der Waals surface area contributed by atoms with Gasteiger partial charge in [-0.3, -0.25) is 9.59 Å². The molecule has 0 saturated carbocycles. The molecule has 2 rings (SSSR count). The molecule has 1 aliphatic rings. The highest BCUT2D eigenvalue weighted by atomic mass is 16.2. The summed E-state index contributed by atoms with van der Waals surface area (Å²) in [5, 5.41) is 5.97. The molecule has 2 amide bonds. The van der Waals surface area contributed by atoms with Gasteiger partial charge in [0.25, 0.3) is 5.91 Å². The van der Waals surface area contributed by atoms with Crippen molar-refractivity contribution in [2.75, 3.05) is 31.5 Å². The molecule has 0 unspecified atom stereocenters. The quantitative estimate of drug-likeness (QED) is 0.847. The van der Waals surface area contributed by atoms with Crippen LogP contribution in [0.4, 0.5) is 5.69 Å². The van der Waals surface area contributed by atoms with E-state index in [4.69, 9.17) is 0 Å². The average Bonchev–Trinajstić information content (AvgIpc) is 2.58. The van der Waals surface area contributed by atoms with Crippen LogP contribution in [0.1, 0.15) is 43.0 Å². The number of anilines is 1. The fourth-order valence-corrected chi connectivity index (χ4v) is 2.51. The predicted octanol–water partition coefficient (Wildman–Crippen LogP) is 2.25. The molecule has 1 aromatic carbocycles. The molecule has 0 bridgehead atoms. The molecule has 0 radical (unpaired) electrons. The summed E-state index contributed by atoms with van der Waals surface area (Å²) in [7, 11) is 0. The van der Waals surface area contributed by atoms with E-state index >= 15 is 0 Å². The third kappa shape index (κ3) is 4.76. The summed E-state index contributed by atoms with van der Waals surface area (Å²) in [5.41, 5.74) is 1.50. The summed E-state index contributed by atoms with van der Waals surface area (Å²) in [6.07, 6.45) is 4.35. The van der Waals surface area contributed by atoms with E-state index in [1.807, 2.05) is 24.0 Å².